The topological polar surface area (TPSA) is 90.8 Å². The average Bonchev–Trinajstić information content (AvgIpc) is 3.24. The first-order chi connectivity index (χ1) is 13.5. The summed E-state index contributed by atoms with van der Waals surface area (Å²) in [5.74, 6) is -0.147. The SMILES string of the molecule is Cc1cc(C)n(CCCNC(=O)[C@@H](N)Cc2cn(Cc3ccccc3)cn2)n1.Cl.Cl. The van der Waals surface area contributed by atoms with Crippen LogP contribution in [0.5, 0.6) is 0 Å². The van der Waals surface area contributed by atoms with E-state index in [2.05, 4.69) is 27.5 Å². The van der Waals surface area contributed by atoms with Crippen LogP contribution in [0.3, 0.4) is 0 Å². The molecule has 3 rings (SSSR count). The molecule has 1 atom stereocenters. The molecule has 164 valence electrons. The van der Waals surface area contributed by atoms with E-state index in [9.17, 15) is 4.79 Å². The summed E-state index contributed by atoms with van der Waals surface area (Å²) in [6, 6.07) is 11.6. The summed E-state index contributed by atoms with van der Waals surface area (Å²) >= 11 is 0. The van der Waals surface area contributed by atoms with Gasteiger partial charge in [0.1, 0.15) is 0 Å². The molecule has 3 N–H and O–H groups in total. The number of carbonyl (C=O) groups excluding carboxylic acids is 1. The summed E-state index contributed by atoms with van der Waals surface area (Å²) in [6.45, 7) is 6.12. The zero-order valence-electron chi connectivity index (χ0n) is 17.3. The van der Waals surface area contributed by atoms with Crippen LogP contribution in [0.15, 0.2) is 48.9 Å². The Hall–Kier alpha value is -2.35. The highest BCUT2D eigenvalue weighted by Gasteiger charge is 2.15. The van der Waals surface area contributed by atoms with Crippen LogP contribution in [-0.2, 0) is 24.3 Å². The van der Waals surface area contributed by atoms with Gasteiger partial charge in [-0.1, -0.05) is 30.3 Å². The van der Waals surface area contributed by atoms with Crippen molar-refractivity contribution in [3.8, 4) is 0 Å². The molecule has 0 aliphatic carbocycles. The Kier molecular flexibility index (Phi) is 10.6. The van der Waals surface area contributed by atoms with Crippen molar-refractivity contribution in [3.63, 3.8) is 0 Å². The van der Waals surface area contributed by atoms with Crippen molar-refractivity contribution in [2.75, 3.05) is 6.54 Å². The first-order valence-electron chi connectivity index (χ1n) is 9.60. The number of hydrogen-bond donors (Lipinski definition) is 2. The second kappa shape index (κ2) is 12.4. The second-order valence-electron chi connectivity index (χ2n) is 7.13. The molecule has 2 aromatic heterocycles. The van der Waals surface area contributed by atoms with E-state index < -0.39 is 6.04 Å². The summed E-state index contributed by atoms with van der Waals surface area (Å²) in [6.07, 6.45) is 4.96. The number of aromatic nitrogens is 4. The first-order valence-corrected chi connectivity index (χ1v) is 9.60. The molecule has 0 radical (unpaired) electrons. The predicted molar refractivity (Wildman–Crippen MR) is 123 cm³/mol. The smallest absolute Gasteiger partial charge is 0.237 e. The molecule has 0 spiro atoms. The quantitative estimate of drug-likeness (QED) is 0.488. The number of benzene rings is 1. The fraction of sp³-hybridized carbons (Fsp3) is 0.381. The maximum absolute atomic E-state index is 12.2. The third-order valence-corrected chi connectivity index (χ3v) is 4.61. The third kappa shape index (κ3) is 7.48. The first kappa shape index (κ1) is 25.7. The number of amides is 1. The molecule has 7 nitrogen and oxygen atoms in total. The standard InChI is InChI=1S/C21H28N6O.2ClH/c1-16-11-17(2)27(25-16)10-6-9-23-21(28)20(22)12-19-14-26(15-24-19)13-18-7-4-3-5-8-18;;/h3-5,7-8,11,14-15,20H,6,9-10,12-13,22H2,1-2H3,(H,23,28);2*1H/t20-;;/m0../s1. The Balaban J connectivity index is 0.00000225. The van der Waals surface area contributed by atoms with Gasteiger partial charge in [0.2, 0.25) is 5.91 Å². The van der Waals surface area contributed by atoms with Crippen LogP contribution in [-0.4, -0.2) is 37.8 Å². The zero-order valence-corrected chi connectivity index (χ0v) is 19.0. The van der Waals surface area contributed by atoms with E-state index in [0.29, 0.717) is 13.0 Å². The van der Waals surface area contributed by atoms with Crippen LogP contribution < -0.4 is 11.1 Å². The average molecular weight is 453 g/mol. The van der Waals surface area contributed by atoms with Crippen molar-refractivity contribution in [1.29, 1.82) is 0 Å². The fourth-order valence-electron chi connectivity index (χ4n) is 3.18. The highest BCUT2D eigenvalue weighted by Crippen LogP contribution is 2.06. The van der Waals surface area contributed by atoms with Gasteiger partial charge in [0.05, 0.1) is 23.8 Å². The lowest BCUT2D eigenvalue weighted by molar-refractivity contribution is -0.122. The molecule has 0 bridgehead atoms. The van der Waals surface area contributed by atoms with Gasteiger partial charge < -0.3 is 15.6 Å². The largest absolute Gasteiger partial charge is 0.355 e. The summed E-state index contributed by atoms with van der Waals surface area (Å²) in [4.78, 5) is 16.6. The molecule has 0 fully saturated rings. The molecule has 1 amide bonds. The number of nitrogens with one attached hydrogen (secondary N) is 1. The van der Waals surface area contributed by atoms with Crippen molar-refractivity contribution < 1.29 is 4.79 Å². The predicted octanol–water partition coefficient (Wildman–Crippen LogP) is 2.66. The number of rotatable bonds is 9. The highest BCUT2D eigenvalue weighted by atomic mass is 35.5. The van der Waals surface area contributed by atoms with Gasteiger partial charge in [-0.15, -0.1) is 24.8 Å². The van der Waals surface area contributed by atoms with E-state index in [1.165, 1.54) is 5.56 Å². The van der Waals surface area contributed by atoms with Gasteiger partial charge in [0.25, 0.3) is 0 Å². The zero-order chi connectivity index (χ0) is 19.9. The number of carbonyl (C=O) groups is 1. The second-order valence-corrected chi connectivity index (χ2v) is 7.13. The number of imidazole rings is 1. The molecule has 0 aliphatic rings. The number of nitrogens with zero attached hydrogens (tertiary/aromatic N) is 4. The summed E-state index contributed by atoms with van der Waals surface area (Å²) < 4.78 is 3.96. The Labute approximate surface area is 189 Å². The molecule has 3 aromatic rings. The molecule has 2 heterocycles. The summed E-state index contributed by atoms with van der Waals surface area (Å²) in [5.41, 5.74) is 10.2. The van der Waals surface area contributed by atoms with E-state index in [-0.39, 0.29) is 30.7 Å². The number of aryl methyl sites for hydroxylation is 3. The molecule has 1 aromatic carbocycles. The van der Waals surface area contributed by atoms with Gasteiger partial charge in [0, 0.05) is 37.9 Å². The molecule has 0 unspecified atom stereocenters. The van der Waals surface area contributed by atoms with Crippen LogP contribution in [0, 0.1) is 13.8 Å². The monoisotopic (exact) mass is 452 g/mol. The van der Waals surface area contributed by atoms with Gasteiger partial charge in [0.15, 0.2) is 0 Å². The van der Waals surface area contributed by atoms with Crippen molar-refractivity contribution in [1.82, 2.24) is 24.6 Å². The molecule has 0 saturated heterocycles. The van der Waals surface area contributed by atoms with Crippen LogP contribution in [0.1, 0.15) is 29.1 Å². The Morgan fingerprint density at radius 3 is 2.60 bits per heavy atom. The Morgan fingerprint density at radius 2 is 1.93 bits per heavy atom. The van der Waals surface area contributed by atoms with E-state index in [0.717, 1.165) is 36.6 Å². The third-order valence-electron chi connectivity index (χ3n) is 4.61. The lowest BCUT2D eigenvalue weighted by Gasteiger charge is -2.11. The van der Waals surface area contributed by atoms with E-state index >= 15 is 0 Å². The Morgan fingerprint density at radius 1 is 1.20 bits per heavy atom. The van der Waals surface area contributed by atoms with Crippen molar-refractivity contribution in [2.24, 2.45) is 5.73 Å². The maximum Gasteiger partial charge on any atom is 0.237 e. The van der Waals surface area contributed by atoms with Crippen molar-refractivity contribution in [2.45, 2.75) is 45.8 Å². The van der Waals surface area contributed by atoms with E-state index in [4.69, 9.17) is 5.73 Å². The van der Waals surface area contributed by atoms with Crippen LogP contribution in [0.25, 0.3) is 0 Å². The lowest BCUT2D eigenvalue weighted by atomic mass is 10.1. The minimum absolute atomic E-state index is 0. The van der Waals surface area contributed by atoms with Gasteiger partial charge in [-0.3, -0.25) is 9.48 Å². The number of halogens is 2. The van der Waals surface area contributed by atoms with Crippen molar-refractivity contribution in [3.05, 3.63) is 71.6 Å². The Bertz CT molecular complexity index is 909. The minimum atomic E-state index is -0.603. The van der Waals surface area contributed by atoms with Gasteiger partial charge in [-0.2, -0.15) is 5.10 Å². The minimum Gasteiger partial charge on any atom is -0.355 e. The molecule has 30 heavy (non-hydrogen) atoms. The summed E-state index contributed by atoms with van der Waals surface area (Å²) in [7, 11) is 0. The molecule has 0 saturated carbocycles. The van der Waals surface area contributed by atoms with E-state index in [1.807, 2.05) is 53.6 Å². The molecular formula is C21H30Cl2N6O. The van der Waals surface area contributed by atoms with Gasteiger partial charge >= 0.3 is 0 Å². The van der Waals surface area contributed by atoms with Crippen LogP contribution in [0.2, 0.25) is 0 Å². The molecule has 0 aliphatic heterocycles. The van der Waals surface area contributed by atoms with Crippen molar-refractivity contribution >= 4 is 30.7 Å². The number of hydrogen-bond acceptors (Lipinski definition) is 4. The normalized spacial score (nSPS) is 11.3. The molecule has 9 heteroatoms. The molecular weight excluding hydrogens is 423 g/mol. The van der Waals surface area contributed by atoms with Crippen LogP contribution >= 0.6 is 24.8 Å². The van der Waals surface area contributed by atoms with Crippen LogP contribution in [0.4, 0.5) is 0 Å². The fourth-order valence-corrected chi connectivity index (χ4v) is 3.18. The number of nitrogens with two attached hydrogens (primary N) is 1. The van der Waals surface area contributed by atoms with Gasteiger partial charge in [-0.05, 0) is 31.9 Å². The lowest BCUT2D eigenvalue weighted by Crippen LogP contribution is -2.42. The van der Waals surface area contributed by atoms with E-state index in [1.54, 1.807) is 6.33 Å². The highest BCUT2D eigenvalue weighted by molar-refractivity contribution is 5.85. The van der Waals surface area contributed by atoms with Gasteiger partial charge in [-0.25, -0.2) is 4.98 Å². The maximum atomic E-state index is 12.2. The summed E-state index contributed by atoms with van der Waals surface area (Å²) in [5, 5.41) is 7.32.